The lowest BCUT2D eigenvalue weighted by Crippen LogP contribution is -1.98. The van der Waals surface area contributed by atoms with E-state index in [1.807, 2.05) is 6.08 Å². The Morgan fingerprint density at radius 2 is 2.17 bits per heavy atom. The lowest BCUT2D eigenvalue weighted by molar-refractivity contribution is 0.236. The minimum atomic E-state index is -0.604. The highest BCUT2D eigenvalue weighted by Crippen LogP contribution is 2.00. The third kappa shape index (κ3) is 7.37. The van der Waals surface area contributed by atoms with Gasteiger partial charge in [0.1, 0.15) is 6.10 Å². The fourth-order valence-corrected chi connectivity index (χ4v) is 0.923. The summed E-state index contributed by atoms with van der Waals surface area (Å²) in [6, 6.07) is 0. The molecule has 0 amide bonds. The average molecular weight is 166 g/mol. The lowest BCUT2D eigenvalue weighted by Gasteiger charge is -1.96. The number of hydrogen-bond acceptors (Lipinski definition) is 1. The first-order valence-corrected chi connectivity index (χ1v) is 4.60. The Morgan fingerprint density at radius 3 is 2.75 bits per heavy atom. The zero-order valence-corrected chi connectivity index (χ0v) is 7.79. The number of unbranched alkanes of at least 4 members (excludes halogenated alkanes) is 3. The van der Waals surface area contributed by atoms with Gasteiger partial charge in [0, 0.05) is 6.42 Å². The molecule has 1 nitrogen and oxygen atoms in total. The van der Waals surface area contributed by atoms with Crippen molar-refractivity contribution in [2.75, 3.05) is 0 Å². The second-order valence-electron chi connectivity index (χ2n) is 2.89. The summed E-state index contributed by atoms with van der Waals surface area (Å²) in [4.78, 5) is 0. The predicted molar refractivity (Wildman–Crippen MR) is 52.7 cm³/mol. The van der Waals surface area contributed by atoms with Crippen LogP contribution in [0.3, 0.4) is 0 Å². The summed E-state index contributed by atoms with van der Waals surface area (Å²) in [6.45, 7) is 2.19. The summed E-state index contributed by atoms with van der Waals surface area (Å²) in [7, 11) is 0. The van der Waals surface area contributed by atoms with Gasteiger partial charge in [-0.15, -0.1) is 6.42 Å². The first kappa shape index (κ1) is 11.3. The standard InChI is InChI=1S/C11H18O/c1-3-5-6-7-8-9-10-11(12)4-2/h2,8-9,11-12H,3,5-7,10H2,1H3. The van der Waals surface area contributed by atoms with Gasteiger partial charge in [-0.3, -0.25) is 0 Å². The van der Waals surface area contributed by atoms with Crippen LogP contribution in [0, 0.1) is 12.3 Å². The van der Waals surface area contributed by atoms with Crippen molar-refractivity contribution >= 4 is 0 Å². The Hall–Kier alpha value is -0.740. The van der Waals surface area contributed by atoms with Gasteiger partial charge in [0.2, 0.25) is 0 Å². The molecule has 0 aliphatic heterocycles. The molecule has 0 aromatic heterocycles. The third-order valence-corrected chi connectivity index (χ3v) is 1.69. The molecule has 0 aliphatic rings. The molecule has 0 rings (SSSR count). The third-order valence-electron chi connectivity index (χ3n) is 1.69. The number of allylic oxidation sites excluding steroid dienone is 1. The van der Waals surface area contributed by atoms with Crippen molar-refractivity contribution in [3.8, 4) is 12.3 Å². The van der Waals surface area contributed by atoms with Crippen molar-refractivity contribution in [1.82, 2.24) is 0 Å². The normalized spacial score (nSPS) is 13.1. The van der Waals surface area contributed by atoms with E-state index in [-0.39, 0.29) is 0 Å². The van der Waals surface area contributed by atoms with E-state index in [4.69, 9.17) is 11.5 Å². The molecule has 0 spiro atoms. The summed E-state index contributed by atoms with van der Waals surface area (Å²) < 4.78 is 0. The smallest absolute Gasteiger partial charge is 0.117 e. The second-order valence-corrected chi connectivity index (χ2v) is 2.89. The maximum Gasteiger partial charge on any atom is 0.117 e. The van der Waals surface area contributed by atoms with Crippen LogP contribution < -0.4 is 0 Å². The first-order valence-electron chi connectivity index (χ1n) is 4.60. The van der Waals surface area contributed by atoms with Gasteiger partial charge in [-0.1, -0.05) is 37.8 Å². The minimum Gasteiger partial charge on any atom is -0.380 e. The highest BCUT2D eigenvalue weighted by Gasteiger charge is 1.91. The van der Waals surface area contributed by atoms with Gasteiger partial charge >= 0.3 is 0 Å². The van der Waals surface area contributed by atoms with Crippen LogP contribution in [0.2, 0.25) is 0 Å². The molecule has 0 aliphatic carbocycles. The highest BCUT2D eigenvalue weighted by atomic mass is 16.3. The Balaban J connectivity index is 3.21. The van der Waals surface area contributed by atoms with Crippen molar-refractivity contribution in [2.24, 2.45) is 0 Å². The molecule has 0 radical (unpaired) electrons. The van der Waals surface area contributed by atoms with Gasteiger partial charge in [-0.25, -0.2) is 0 Å². The number of aliphatic hydroxyl groups excluding tert-OH is 1. The molecule has 68 valence electrons. The first-order chi connectivity index (χ1) is 5.81. The average Bonchev–Trinajstić information content (AvgIpc) is 2.10. The van der Waals surface area contributed by atoms with Gasteiger partial charge in [0.15, 0.2) is 0 Å². The van der Waals surface area contributed by atoms with Crippen LogP contribution in [-0.2, 0) is 0 Å². The number of aliphatic hydroxyl groups is 1. The zero-order chi connectivity index (χ0) is 9.23. The predicted octanol–water partition coefficient (Wildman–Crippen LogP) is 2.51. The van der Waals surface area contributed by atoms with Gasteiger partial charge in [-0.05, 0) is 12.8 Å². The minimum absolute atomic E-state index is 0.586. The van der Waals surface area contributed by atoms with Gasteiger partial charge in [0.05, 0.1) is 0 Å². The summed E-state index contributed by atoms with van der Waals surface area (Å²) in [5.41, 5.74) is 0. The Kier molecular flexibility index (Phi) is 7.84. The molecule has 1 heteroatoms. The molecule has 0 fully saturated rings. The number of hydrogen-bond donors (Lipinski definition) is 1. The molecule has 12 heavy (non-hydrogen) atoms. The fraction of sp³-hybridized carbons (Fsp3) is 0.636. The van der Waals surface area contributed by atoms with E-state index in [0.717, 1.165) is 6.42 Å². The summed E-state index contributed by atoms with van der Waals surface area (Å²) in [5.74, 6) is 2.27. The van der Waals surface area contributed by atoms with Gasteiger partial charge < -0.3 is 5.11 Å². The molecule has 0 aromatic rings. The largest absolute Gasteiger partial charge is 0.380 e. The molecule has 0 bridgehead atoms. The van der Waals surface area contributed by atoms with E-state index in [9.17, 15) is 0 Å². The van der Waals surface area contributed by atoms with Crippen LogP contribution in [0.15, 0.2) is 12.2 Å². The molecular weight excluding hydrogens is 148 g/mol. The summed E-state index contributed by atoms with van der Waals surface area (Å²) in [5, 5.41) is 8.97. The Labute approximate surface area is 75.5 Å². The van der Waals surface area contributed by atoms with Crippen LogP contribution in [0.1, 0.15) is 39.0 Å². The SMILES string of the molecule is C#CC(O)CC=CCCCCC. The van der Waals surface area contributed by atoms with E-state index >= 15 is 0 Å². The number of rotatable bonds is 6. The molecule has 1 atom stereocenters. The van der Waals surface area contributed by atoms with E-state index in [1.165, 1.54) is 19.3 Å². The summed E-state index contributed by atoms with van der Waals surface area (Å²) in [6.07, 6.45) is 13.9. The monoisotopic (exact) mass is 166 g/mol. The maximum atomic E-state index is 8.97. The molecule has 0 heterocycles. The van der Waals surface area contributed by atoms with Crippen molar-refractivity contribution in [3.63, 3.8) is 0 Å². The van der Waals surface area contributed by atoms with Gasteiger partial charge in [-0.2, -0.15) is 0 Å². The molecule has 1 unspecified atom stereocenters. The van der Waals surface area contributed by atoms with Crippen LogP contribution in [0.4, 0.5) is 0 Å². The van der Waals surface area contributed by atoms with Crippen molar-refractivity contribution < 1.29 is 5.11 Å². The fourth-order valence-electron chi connectivity index (χ4n) is 0.923. The molecular formula is C11H18O. The highest BCUT2D eigenvalue weighted by molar-refractivity contribution is 4.98. The van der Waals surface area contributed by atoms with Crippen LogP contribution in [0.25, 0.3) is 0 Å². The van der Waals surface area contributed by atoms with Crippen LogP contribution in [0.5, 0.6) is 0 Å². The second kappa shape index (κ2) is 8.36. The molecule has 0 saturated heterocycles. The van der Waals surface area contributed by atoms with Crippen LogP contribution in [-0.4, -0.2) is 11.2 Å². The van der Waals surface area contributed by atoms with Crippen molar-refractivity contribution in [1.29, 1.82) is 0 Å². The molecule has 0 saturated carbocycles. The lowest BCUT2D eigenvalue weighted by atomic mass is 10.2. The Morgan fingerprint density at radius 1 is 1.42 bits per heavy atom. The Bertz CT molecular complexity index is 153. The quantitative estimate of drug-likeness (QED) is 0.365. The van der Waals surface area contributed by atoms with Gasteiger partial charge in [0.25, 0.3) is 0 Å². The molecule has 1 N–H and O–H groups in total. The summed E-state index contributed by atoms with van der Waals surface area (Å²) >= 11 is 0. The van der Waals surface area contributed by atoms with E-state index in [1.54, 1.807) is 0 Å². The van der Waals surface area contributed by atoms with E-state index < -0.39 is 6.10 Å². The topological polar surface area (TPSA) is 20.2 Å². The van der Waals surface area contributed by atoms with E-state index in [0.29, 0.717) is 6.42 Å². The number of terminal acetylenes is 1. The van der Waals surface area contributed by atoms with Crippen LogP contribution >= 0.6 is 0 Å². The van der Waals surface area contributed by atoms with Crippen molar-refractivity contribution in [2.45, 2.75) is 45.1 Å². The molecule has 0 aromatic carbocycles. The zero-order valence-electron chi connectivity index (χ0n) is 7.79. The van der Waals surface area contributed by atoms with E-state index in [2.05, 4.69) is 18.9 Å². The van der Waals surface area contributed by atoms with Crippen molar-refractivity contribution in [3.05, 3.63) is 12.2 Å². The maximum absolute atomic E-state index is 8.97.